The average Bonchev–Trinajstić information content (AvgIpc) is 2.76. The molecule has 2 rings (SSSR count). The van der Waals surface area contributed by atoms with Crippen LogP contribution in [-0.2, 0) is 9.47 Å². The molecule has 0 radical (unpaired) electrons. The Labute approximate surface area is 199 Å². The quantitative estimate of drug-likeness (QED) is 0.309. The van der Waals surface area contributed by atoms with Gasteiger partial charge in [0.2, 0.25) is 0 Å². The highest BCUT2D eigenvalue weighted by atomic mass is 16.6. The lowest BCUT2D eigenvalue weighted by Gasteiger charge is -2.41. The zero-order chi connectivity index (χ0) is 24.0. The van der Waals surface area contributed by atoms with E-state index in [-0.39, 0.29) is 23.7 Å². The standard InChI is InChI=1S/C29H52O3/c1-9-27(3,4)20-25(28(5,6)10-2)22-15-14-18-24(19-22)31-21-26(30)32-29(7,8)23-16-12-11-13-17-23/h14-15,18,23-26,30H,9-13,16-17,19-21H2,1-8H3. The van der Waals surface area contributed by atoms with Gasteiger partial charge < -0.3 is 14.6 Å². The van der Waals surface area contributed by atoms with E-state index in [1.807, 2.05) is 0 Å². The predicted octanol–water partition coefficient (Wildman–Crippen LogP) is 7.83. The van der Waals surface area contributed by atoms with Gasteiger partial charge in [-0.05, 0) is 62.2 Å². The molecule has 0 amide bonds. The zero-order valence-corrected chi connectivity index (χ0v) is 22.4. The fraction of sp³-hybridized carbons (Fsp3) is 0.862. The maximum Gasteiger partial charge on any atom is 0.178 e. The molecule has 0 saturated heterocycles. The van der Waals surface area contributed by atoms with E-state index in [2.05, 4.69) is 73.6 Å². The number of aliphatic hydroxyl groups excluding tert-OH is 1. The summed E-state index contributed by atoms with van der Waals surface area (Å²) in [6.45, 7) is 18.7. The summed E-state index contributed by atoms with van der Waals surface area (Å²) in [4.78, 5) is 0. The molecule has 1 saturated carbocycles. The van der Waals surface area contributed by atoms with Crippen LogP contribution in [0.15, 0.2) is 23.8 Å². The second-order valence-corrected chi connectivity index (χ2v) is 12.3. The Balaban J connectivity index is 1.94. The highest BCUT2D eigenvalue weighted by Crippen LogP contribution is 2.46. The molecule has 3 atom stereocenters. The van der Waals surface area contributed by atoms with Crippen molar-refractivity contribution in [2.24, 2.45) is 22.7 Å². The molecule has 2 aliphatic carbocycles. The van der Waals surface area contributed by atoms with Crippen molar-refractivity contribution < 1.29 is 14.6 Å². The molecular weight excluding hydrogens is 396 g/mol. The average molecular weight is 449 g/mol. The van der Waals surface area contributed by atoms with Gasteiger partial charge in [0.1, 0.15) is 0 Å². The van der Waals surface area contributed by atoms with Crippen LogP contribution in [0.25, 0.3) is 0 Å². The van der Waals surface area contributed by atoms with Gasteiger partial charge in [-0.3, -0.25) is 0 Å². The second-order valence-electron chi connectivity index (χ2n) is 12.3. The van der Waals surface area contributed by atoms with Crippen molar-refractivity contribution in [3.8, 4) is 0 Å². The highest BCUT2D eigenvalue weighted by Gasteiger charge is 2.36. The Hall–Kier alpha value is -0.640. The van der Waals surface area contributed by atoms with E-state index in [0.717, 1.165) is 12.8 Å². The molecule has 3 nitrogen and oxygen atoms in total. The van der Waals surface area contributed by atoms with Crippen LogP contribution in [0, 0.1) is 22.7 Å². The van der Waals surface area contributed by atoms with E-state index in [9.17, 15) is 5.11 Å². The third-order valence-electron chi connectivity index (χ3n) is 8.57. The number of hydrogen-bond acceptors (Lipinski definition) is 3. The molecular formula is C29H52O3. The summed E-state index contributed by atoms with van der Waals surface area (Å²) in [7, 11) is 0. The number of allylic oxidation sites excluding steroid dienone is 2. The molecule has 0 spiro atoms. The summed E-state index contributed by atoms with van der Waals surface area (Å²) in [5, 5.41) is 10.6. The number of hydrogen-bond donors (Lipinski definition) is 1. The Bertz CT molecular complexity index is 622. The molecule has 32 heavy (non-hydrogen) atoms. The number of aliphatic hydroxyl groups is 1. The largest absolute Gasteiger partial charge is 0.369 e. The molecule has 1 fully saturated rings. The molecule has 0 heterocycles. The number of ether oxygens (including phenoxy) is 2. The minimum absolute atomic E-state index is 0.00550. The summed E-state index contributed by atoms with van der Waals surface area (Å²) in [5.41, 5.74) is 1.76. The van der Waals surface area contributed by atoms with Crippen molar-refractivity contribution in [2.45, 2.75) is 131 Å². The van der Waals surface area contributed by atoms with Crippen LogP contribution in [0.4, 0.5) is 0 Å². The van der Waals surface area contributed by atoms with Crippen molar-refractivity contribution >= 4 is 0 Å². The summed E-state index contributed by atoms with van der Waals surface area (Å²) < 4.78 is 12.2. The lowest BCUT2D eigenvalue weighted by Crippen LogP contribution is -2.41. The predicted molar refractivity (Wildman–Crippen MR) is 136 cm³/mol. The topological polar surface area (TPSA) is 38.7 Å². The second kappa shape index (κ2) is 11.7. The SMILES string of the molecule is CCC(C)(C)CC(C1=CC=CC(OCC(O)OC(C)(C)C2CCCCC2)C1)C(C)(C)CC. The van der Waals surface area contributed by atoms with Crippen molar-refractivity contribution in [3.05, 3.63) is 23.8 Å². The van der Waals surface area contributed by atoms with E-state index < -0.39 is 6.29 Å². The van der Waals surface area contributed by atoms with E-state index in [0.29, 0.717) is 17.3 Å². The lowest BCUT2D eigenvalue weighted by atomic mass is 9.64. The Kier molecular flexibility index (Phi) is 10.1. The van der Waals surface area contributed by atoms with Gasteiger partial charge in [0.25, 0.3) is 0 Å². The van der Waals surface area contributed by atoms with Crippen molar-refractivity contribution in [2.75, 3.05) is 6.61 Å². The molecule has 2 aliphatic rings. The molecule has 0 aromatic rings. The molecule has 0 aromatic carbocycles. The number of rotatable bonds is 12. The van der Waals surface area contributed by atoms with Gasteiger partial charge in [-0.1, -0.05) is 97.4 Å². The van der Waals surface area contributed by atoms with Crippen LogP contribution < -0.4 is 0 Å². The van der Waals surface area contributed by atoms with Gasteiger partial charge in [0.15, 0.2) is 6.29 Å². The first kappa shape index (κ1) is 27.6. The summed E-state index contributed by atoms with van der Waals surface area (Å²) in [6, 6.07) is 0. The monoisotopic (exact) mass is 448 g/mol. The summed E-state index contributed by atoms with van der Waals surface area (Å²) in [6.07, 6.45) is 16.4. The molecule has 0 aromatic heterocycles. The first-order valence-corrected chi connectivity index (χ1v) is 13.2. The van der Waals surface area contributed by atoms with Gasteiger partial charge in [-0.15, -0.1) is 0 Å². The Morgan fingerprint density at radius 3 is 2.25 bits per heavy atom. The van der Waals surface area contributed by atoms with Crippen LogP contribution in [0.1, 0.15) is 113 Å². The first-order chi connectivity index (χ1) is 14.9. The van der Waals surface area contributed by atoms with Crippen LogP contribution in [0.5, 0.6) is 0 Å². The normalized spacial score (nSPS) is 23.2. The maximum absolute atomic E-state index is 10.6. The molecule has 0 bridgehead atoms. The van der Waals surface area contributed by atoms with E-state index in [4.69, 9.17) is 9.47 Å². The lowest BCUT2D eigenvalue weighted by molar-refractivity contribution is -0.218. The van der Waals surface area contributed by atoms with E-state index >= 15 is 0 Å². The fourth-order valence-corrected chi connectivity index (χ4v) is 5.38. The van der Waals surface area contributed by atoms with Crippen molar-refractivity contribution in [1.82, 2.24) is 0 Å². The van der Waals surface area contributed by atoms with Crippen molar-refractivity contribution in [3.63, 3.8) is 0 Å². The molecule has 0 aliphatic heterocycles. The molecule has 186 valence electrons. The minimum Gasteiger partial charge on any atom is -0.369 e. The van der Waals surface area contributed by atoms with E-state index in [1.165, 1.54) is 50.5 Å². The minimum atomic E-state index is -0.878. The Morgan fingerprint density at radius 2 is 1.66 bits per heavy atom. The molecule has 1 N–H and O–H groups in total. The van der Waals surface area contributed by atoms with E-state index in [1.54, 1.807) is 0 Å². The summed E-state index contributed by atoms with van der Waals surface area (Å²) in [5.74, 6) is 1.05. The third-order valence-corrected chi connectivity index (χ3v) is 8.57. The smallest absolute Gasteiger partial charge is 0.178 e. The third kappa shape index (κ3) is 7.99. The molecule has 3 unspecified atom stereocenters. The zero-order valence-electron chi connectivity index (χ0n) is 22.4. The van der Waals surface area contributed by atoms with Gasteiger partial charge in [-0.25, -0.2) is 0 Å². The Morgan fingerprint density at radius 1 is 1.00 bits per heavy atom. The van der Waals surface area contributed by atoms with Crippen molar-refractivity contribution in [1.29, 1.82) is 0 Å². The van der Waals surface area contributed by atoms with Crippen LogP contribution in [-0.4, -0.2) is 29.7 Å². The maximum atomic E-state index is 10.6. The van der Waals surface area contributed by atoms with Crippen LogP contribution in [0.2, 0.25) is 0 Å². The van der Waals surface area contributed by atoms with Gasteiger partial charge in [0, 0.05) is 0 Å². The highest BCUT2D eigenvalue weighted by molar-refractivity contribution is 5.25. The molecule has 3 heteroatoms. The van der Waals surface area contributed by atoms with Gasteiger partial charge >= 0.3 is 0 Å². The van der Waals surface area contributed by atoms with Crippen LogP contribution >= 0.6 is 0 Å². The van der Waals surface area contributed by atoms with Gasteiger partial charge in [0.05, 0.1) is 18.3 Å². The first-order valence-electron chi connectivity index (χ1n) is 13.2. The summed E-state index contributed by atoms with van der Waals surface area (Å²) >= 11 is 0. The fourth-order valence-electron chi connectivity index (χ4n) is 5.38. The van der Waals surface area contributed by atoms with Gasteiger partial charge in [-0.2, -0.15) is 0 Å². The van der Waals surface area contributed by atoms with Crippen LogP contribution in [0.3, 0.4) is 0 Å².